The molecule has 1 aromatic rings. The van der Waals surface area contributed by atoms with E-state index in [9.17, 15) is 4.79 Å². The van der Waals surface area contributed by atoms with Crippen LogP contribution in [0.5, 0.6) is 0 Å². The van der Waals surface area contributed by atoms with Crippen LogP contribution in [0.15, 0.2) is 30.6 Å². The predicted octanol–water partition coefficient (Wildman–Crippen LogP) is 0.599. The van der Waals surface area contributed by atoms with Crippen molar-refractivity contribution < 1.29 is 26.5 Å². The number of ether oxygens (including phenoxy) is 1. The minimum absolute atomic E-state index is 0. The van der Waals surface area contributed by atoms with Gasteiger partial charge in [0.25, 0.3) is 0 Å². The summed E-state index contributed by atoms with van der Waals surface area (Å²) in [5, 5.41) is 3.47. The third kappa shape index (κ3) is 13.3. The quantitative estimate of drug-likeness (QED) is 0.301. The van der Waals surface area contributed by atoms with Gasteiger partial charge in [0.1, 0.15) is 0 Å². The van der Waals surface area contributed by atoms with Gasteiger partial charge in [0, 0.05) is 25.1 Å². The summed E-state index contributed by atoms with van der Waals surface area (Å²) in [6, 6.07) is 6.14. The Morgan fingerprint density at radius 2 is 1.42 bits per heavy atom. The first-order chi connectivity index (χ1) is 11.3. The highest BCUT2D eigenvalue weighted by molar-refractivity contribution is 5.68. The smallest absolute Gasteiger partial charge is 0.305 e. The number of pyridine rings is 1. The number of carbonyl (C=O) groups is 1. The molecule has 0 saturated carbocycles. The summed E-state index contributed by atoms with van der Waals surface area (Å²) in [5.74, 6) is -0.0794. The van der Waals surface area contributed by atoms with Crippen molar-refractivity contribution in [1.29, 1.82) is 0 Å². The van der Waals surface area contributed by atoms with Crippen molar-refractivity contribution in [2.45, 2.75) is 70.9 Å². The van der Waals surface area contributed by atoms with Crippen LogP contribution >= 0.6 is 0 Å². The summed E-state index contributed by atoms with van der Waals surface area (Å²) in [4.78, 5) is 10.9. The van der Waals surface area contributed by atoms with Crippen LogP contribution in [0.4, 0.5) is 0 Å². The van der Waals surface area contributed by atoms with Crippen molar-refractivity contribution in [1.82, 2.24) is 5.32 Å². The van der Waals surface area contributed by atoms with Crippen molar-refractivity contribution in [2.24, 2.45) is 0 Å². The van der Waals surface area contributed by atoms with Crippen LogP contribution in [-0.2, 0) is 16.2 Å². The van der Waals surface area contributed by atoms with Gasteiger partial charge < -0.3 is 17.1 Å². The van der Waals surface area contributed by atoms with Gasteiger partial charge >= 0.3 is 5.97 Å². The average Bonchev–Trinajstić information content (AvgIpc) is 2.59. The van der Waals surface area contributed by atoms with Crippen LogP contribution in [0.3, 0.4) is 0 Å². The number of aromatic nitrogens is 1. The molecule has 0 unspecified atom stereocenters. The predicted molar refractivity (Wildman–Crippen MR) is 92.8 cm³/mol. The van der Waals surface area contributed by atoms with E-state index in [2.05, 4.69) is 39.1 Å². The molecule has 1 N–H and O–H groups in total. The molecule has 0 saturated heterocycles. The van der Waals surface area contributed by atoms with Gasteiger partial charge in [-0.25, -0.2) is 0 Å². The topological polar surface area (TPSA) is 42.2 Å². The first kappa shape index (κ1) is 22.9. The third-order valence-electron chi connectivity index (χ3n) is 4.03. The van der Waals surface area contributed by atoms with Crippen LogP contribution in [0.25, 0.3) is 0 Å². The average molecular weight is 357 g/mol. The SMILES string of the molecule is COC(=O)CCCCCCCCCCCNC[n+]1ccccc1.[Cl-]. The Labute approximate surface area is 153 Å². The number of halogens is 1. The summed E-state index contributed by atoms with van der Waals surface area (Å²) in [6.07, 6.45) is 16.0. The Morgan fingerprint density at radius 1 is 0.875 bits per heavy atom. The summed E-state index contributed by atoms with van der Waals surface area (Å²) in [7, 11) is 1.46. The van der Waals surface area contributed by atoms with Crippen LogP contribution < -0.4 is 22.3 Å². The van der Waals surface area contributed by atoms with Crippen molar-refractivity contribution in [3.63, 3.8) is 0 Å². The number of nitrogens with zero attached hydrogens (tertiary/aromatic N) is 1. The number of hydrogen-bond acceptors (Lipinski definition) is 3. The maximum atomic E-state index is 10.9. The second kappa shape index (κ2) is 16.7. The fraction of sp³-hybridized carbons (Fsp3) is 0.684. The lowest BCUT2D eigenvalue weighted by molar-refractivity contribution is -0.701. The highest BCUT2D eigenvalue weighted by Gasteiger charge is 1.99. The van der Waals surface area contributed by atoms with Crippen LogP contribution in [0.1, 0.15) is 64.2 Å². The van der Waals surface area contributed by atoms with Crippen LogP contribution in [0.2, 0.25) is 0 Å². The monoisotopic (exact) mass is 356 g/mol. The second-order valence-corrected chi connectivity index (χ2v) is 6.06. The molecule has 4 nitrogen and oxygen atoms in total. The highest BCUT2D eigenvalue weighted by atomic mass is 35.5. The van der Waals surface area contributed by atoms with E-state index in [-0.39, 0.29) is 18.4 Å². The van der Waals surface area contributed by atoms with Gasteiger partial charge in [0.15, 0.2) is 12.4 Å². The van der Waals surface area contributed by atoms with Crippen LogP contribution in [-0.4, -0.2) is 19.6 Å². The number of methoxy groups -OCH3 is 1. The zero-order chi connectivity index (χ0) is 16.6. The number of esters is 1. The zero-order valence-corrected chi connectivity index (χ0v) is 15.8. The number of carbonyl (C=O) groups excluding carboxylic acids is 1. The van der Waals surface area contributed by atoms with E-state index in [0.29, 0.717) is 6.42 Å². The van der Waals surface area contributed by atoms with Gasteiger partial charge in [-0.15, -0.1) is 0 Å². The largest absolute Gasteiger partial charge is 1.00 e. The van der Waals surface area contributed by atoms with Crippen molar-refractivity contribution in [2.75, 3.05) is 13.7 Å². The Kier molecular flexibility index (Phi) is 15.9. The fourth-order valence-corrected chi connectivity index (χ4v) is 2.61. The van der Waals surface area contributed by atoms with Gasteiger partial charge in [-0.3, -0.25) is 10.1 Å². The highest BCUT2D eigenvalue weighted by Crippen LogP contribution is 2.10. The Morgan fingerprint density at radius 3 is 2.00 bits per heavy atom. The van der Waals surface area contributed by atoms with E-state index in [1.165, 1.54) is 52.1 Å². The molecule has 1 heterocycles. The molecule has 0 aliphatic carbocycles. The maximum Gasteiger partial charge on any atom is 0.305 e. The third-order valence-corrected chi connectivity index (χ3v) is 4.03. The summed E-state index contributed by atoms with van der Waals surface area (Å²) in [5.41, 5.74) is 0. The molecule has 0 bridgehead atoms. The van der Waals surface area contributed by atoms with Crippen LogP contribution in [0, 0.1) is 0 Å². The minimum Gasteiger partial charge on any atom is -1.00 e. The van der Waals surface area contributed by atoms with Gasteiger partial charge in [0.2, 0.25) is 6.67 Å². The second-order valence-electron chi connectivity index (χ2n) is 6.06. The van der Waals surface area contributed by atoms with E-state index >= 15 is 0 Å². The molecule has 138 valence electrons. The van der Waals surface area contributed by atoms with Crippen molar-refractivity contribution in [3.05, 3.63) is 30.6 Å². The summed E-state index contributed by atoms with van der Waals surface area (Å²) < 4.78 is 6.78. The number of rotatable bonds is 14. The lowest BCUT2D eigenvalue weighted by Crippen LogP contribution is -3.00. The van der Waals surface area contributed by atoms with E-state index in [0.717, 1.165) is 26.1 Å². The Balaban J connectivity index is 0.00000529. The zero-order valence-electron chi connectivity index (χ0n) is 15.0. The molecule has 24 heavy (non-hydrogen) atoms. The first-order valence-electron chi connectivity index (χ1n) is 9.04. The maximum absolute atomic E-state index is 10.9. The van der Waals surface area contributed by atoms with Crippen molar-refractivity contribution in [3.8, 4) is 0 Å². The van der Waals surface area contributed by atoms with Gasteiger partial charge in [-0.2, -0.15) is 4.57 Å². The van der Waals surface area contributed by atoms with Gasteiger partial charge in [0.05, 0.1) is 7.11 Å². The number of nitrogens with one attached hydrogen (secondary N) is 1. The normalized spacial score (nSPS) is 10.2. The van der Waals surface area contributed by atoms with E-state index in [1.807, 2.05) is 6.07 Å². The lowest BCUT2D eigenvalue weighted by atomic mass is 10.1. The van der Waals surface area contributed by atoms with Gasteiger partial charge in [-0.05, 0) is 12.8 Å². The standard InChI is InChI=1S/C19H33N2O2.ClH/c1-23-19(22)14-10-7-5-3-2-4-6-8-11-15-20-18-21-16-12-9-13-17-21;/h9,12-13,16-17,20H,2-8,10-11,14-15,18H2,1H3;1H/q+1;/p-1. The molecular formula is C19H33ClN2O2. The molecule has 1 aromatic heterocycles. The Bertz CT molecular complexity index is 402. The van der Waals surface area contributed by atoms with Crippen molar-refractivity contribution >= 4 is 5.97 Å². The summed E-state index contributed by atoms with van der Waals surface area (Å²) >= 11 is 0. The van der Waals surface area contributed by atoms with Gasteiger partial charge in [-0.1, -0.05) is 51.0 Å². The van der Waals surface area contributed by atoms with E-state index < -0.39 is 0 Å². The summed E-state index contributed by atoms with van der Waals surface area (Å²) in [6.45, 7) is 1.99. The molecule has 5 heteroatoms. The molecule has 0 amide bonds. The molecule has 0 atom stereocenters. The fourth-order valence-electron chi connectivity index (χ4n) is 2.61. The molecule has 0 spiro atoms. The molecule has 0 aromatic carbocycles. The first-order valence-corrected chi connectivity index (χ1v) is 9.04. The number of hydrogen-bond donors (Lipinski definition) is 1. The Hall–Kier alpha value is -1.13. The molecule has 0 aliphatic heterocycles. The molecule has 0 aliphatic rings. The number of unbranched alkanes of at least 4 members (excludes halogenated alkanes) is 8. The minimum atomic E-state index is -0.0794. The molecule has 0 fully saturated rings. The van der Waals surface area contributed by atoms with E-state index in [1.54, 1.807) is 0 Å². The van der Waals surface area contributed by atoms with E-state index in [4.69, 9.17) is 0 Å². The molecule has 1 rings (SSSR count). The lowest BCUT2D eigenvalue weighted by Gasteiger charge is -2.03. The molecular weight excluding hydrogens is 324 g/mol. The molecule has 0 radical (unpaired) electrons.